The van der Waals surface area contributed by atoms with Crippen LogP contribution in [-0.4, -0.2) is 89.1 Å². The highest BCUT2D eigenvalue weighted by Gasteiger charge is 2.44. The van der Waals surface area contributed by atoms with Crippen LogP contribution in [-0.2, 0) is 36.8 Å². The van der Waals surface area contributed by atoms with E-state index in [0.717, 1.165) is 12.0 Å². The fraction of sp³-hybridized carbons (Fsp3) is 0.529. The average Bonchev–Trinajstić information content (AvgIpc) is 3.49. The molecule has 1 aliphatic heterocycles. The molecule has 0 spiro atoms. The molecule has 2 aromatic rings. The van der Waals surface area contributed by atoms with Crippen molar-refractivity contribution in [2.45, 2.75) is 95.4 Å². The molecule has 47 heavy (non-hydrogen) atoms. The Morgan fingerprint density at radius 1 is 1.04 bits per heavy atom. The summed E-state index contributed by atoms with van der Waals surface area (Å²) in [5.74, 6) is -6.25. The lowest BCUT2D eigenvalue weighted by molar-refractivity contribution is -0.150. The lowest BCUT2D eigenvalue weighted by Gasteiger charge is -2.30. The number of amides is 2. The molecule has 4 N–H and O–H groups in total. The minimum Gasteiger partial charge on any atom is -0.480 e. The summed E-state index contributed by atoms with van der Waals surface area (Å²) in [6.45, 7) is 3.74. The number of likely N-dealkylation sites (N-methyl/N-ethyl adjacent to an activating group) is 1. The first-order valence-electron chi connectivity index (χ1n) is 16.0. The number of aliphatic carboxylic acids is 1. The summed E-state index contributed by atoms with van der Waals surface area (Å²) >= 11 is 0. The van der Waals surface area contributed by atoms with Gasteiger partial charge in [-0.05, 0) is 49.8 Å². The third kappa shape index (κ3) is 10.5. The maximum Gasteiger partial charge on any atom is 0.326 e. The van der Waals surface area contributed by atoms with Crippen molar-refractivity contribution in [1.82, 2.24) is 15.1 Å². The molecule has 3 rings (SSSR count). The predicted molar refractivity (Wildman–Crippen MR) is 169 cm³/mol. The van der Waals surface area contributed by atoms with Gasteiger partial charge < -0.3 is 25.4 Å². The number of aryl methyl sites for hydroxylation is 1. The Balaban J connectivity index is 1.73. The summed E-state index contributed by atoms with van der Waals surface area (Å²) in [7, 11) is 1.47. The van der Waals surface area contributed by atoms with Crippen LogP contribution in [0, 0.1) is 17.5 Å². The number of nitrogens with two attached hydrogens (primary N) is 1. The number of hydrogen-bond donors (Lipinski definition) is 3. The molecule has 2 aromatic carbocycles. The molecule has 5 atom stereocenters. The van der Waals surface area contributed by atoms with Crippen molar-refractivity contribution in [1.29, 1.82) is 0 Å². The number of ether oxygens (including phenoxy) is 1. The summed E-state index contributed by atoms with van der Waals surface area (Å²) in [6.07, 6.45) is 2.12. The maximum absolute atomic E-state index is 14.1. The van der Waals surface area contributed by atoms with Crippen molar-refractivity contribution >= 4 is 23.8 Å². The molecule has 0 radical (unpaired) electrons. The quantitative estimate of drug-likeness (QED) is 0.172. The normalized spacial score (nSPS) is 18.0. The van der Waals surface area contributed by atoms with E-state index in [9.17, 15) is 37.5 Å². The van der Waals surface area contributed by atoms with Crippen LogP contribution in [0.2, 0.25) is 0 Å². The minimum absolute atomic E-state index is 0.0356. The highest BCUT2D eigenvalue weighted by atomic mass is 19.2. The third-order valence-electron chi connectivity index (χ3n) is 8.48. The number of unbranched alkanes of at least 4 members (excludes halogenated alkanes) is 1. The number of halogens is 3. The average molecular weight is 663 g/mol. The van der Waals surface area contributed by atoms with Gasteiger partial charge in [-0.25, -0.2) is 18.0 Å². The van der Waals surface area contributed by atoms with Gasteiger partial charge >= 0.3 is 11.9 Å². The molecule has 0 unspecified atom stereocenters. The second-order valence-corrected chi connectivity index (χ2v) is 12.0. The molecule has 0 saturated carbocycles. The van der Waals surface area contributed by atoms with Gasteiger partial charge in [0.1, 0.15) is 17.9 Å². The van der Waals surface area contributed by atoms with E-state index in [1.165, 1.54) is 16.8 Å². The molecule has 0 aromatic heterocycles. The van der Waals surface area contributed by atoms with Crippen LogP contribution in [0.15, 0.2) is 42.5 Å². The molecular formula is C34H45F3N4O6. The highest BCUT2D eigenvalue weighted by molar-refractivity contribution is 5.89. The minimum atomic E-state index is -1.33. The first kappa shape index (κ1) is 37.5. The second-order valence-electron chi connectivity index (χ2n) is 12.0. The molecule has 1 fully saturated rings. The first-order valence-corrected chi connectivity index (χ1v) is 16.0. The zero-order valence-electron chi connectivity index (χ0n) is 27.1. The van der Waals surface area contributed by atoms with E-state index >= 15 is 0 Å². The van der Waals surface area contributed by atoms with Gasteiger partial charge in [0, 0.05) is 38.5 Å². The summed E-state index contributed by atoms with van der Waals surface area (Å²) < 4.78 is 46.3. The van der Waals surface area contributed by atoms with Gasteiger partial charge in [0.05, 0.1) is 18.7 Å². The number of carboxylic acid groups (broad SMARTS) is 1. The van der Waals surface area contributed by atoms with Crippen molar-refractivity contribution < 1.29 is 42.2 Å². The van der Waals surface area contributed by atoms with E-state index in [2.05, 4.69) is 5.32 Å². The Hall–Kier alpha value is -3.97. The standard InChI is InChI=1S/C34H45F3N4O6/c1-4-6-12-28(39-29(34(46)47-5-2)14-13-21-10-8-7-9-11-21)32(43)41-20-24(18-30(41)33(44)45)40(3)31(42)17-23(38)15-22-16-26(36)27(37)19-25(22)35/h7-11,16,19,23-24,28-30,39H,4-6,12-15,17-18,20,38H2,1-3H3,(H,44,45)/t23-,24+,28+,29+,30+/m1/s1. The number of carboxylic acids is 1. The predicted octanol–water partition coefficient (Wildman–Crippen LogP) is 3.59. The van der Waals surface area contributed by atoms with Gasteiger partial charge in [-0.3, -0.25) is 19.7 Å². The van der Waals surface area contributed by atoms with Crippen molar-refractivity contribution in [2.75, 3.05) is 20.2 Å². The Labute approximate surface area is 273 Å². The molecule has 10 nitrogen and oxygen atoms in total. The third-order valence-corrected chi connectivity index (χ3v) is 8.48. The highest BCUT2D eigenvalue weighted by Crippen LogP contribution is 2.25. The summed E-state index contributed by atoms with van der Waals surface area (Å²) in [4.78, 5) is 55.0. The van der Waals surface area contributed by atoms with E-state index in [4.69, 9.17) is 10.5 Å². The topological polar surface area (TPSA) is 142 Å². The molecule has 0 bridgehead atoms. The fourth-order valence-corrected chi connectivity index (χ4v) is 5.82. The largest absolute Gasteiger partial charge is 0.480 e. The monoisotopic (exact) mass is 662 g/mol. The number of hydrogen-bond acceptors (Lipinski definition) is 7. The number of rotatable bonds is 17. The molecular weight excluding hydrogens is 617 g/mol. The summed E-state index contributed by atoms with van der Waals surface area (Å²) in [5.41, 5.74) is 6.89. The summed E-state index contributed by atoms with van der Waals surface area (Å²) in [6, 6.07) is 6.19. The van der Waals surface area contributed by atoms with E-state index in [1.54, 1.807) is 6.92 Å². The molecule has 1 aliphatic rings. The van der Waals surface area contributed by atoms with Gasteiger partial charge in [-0.1, -0.05) is 50.1 Å². The number of carbonyl (C=O) groups is 4. The number of esters is 1. The van der Waals surface area contributed by atoms with Crippen molar-refractivity contribution in [3.63, 3.8) is 0 Å². The van der Waals surface area contributed by atoms with Crippen LogP contribution in [0.3, 0.4) is 0 Å². The lowest BCUT2D eigenvalue weighted by Crippen LogP contribution is -2.55. The Morgan fingerprint density at radius 2 is 1.72 bits per heavy atom. The lowest BCUT2D eigenvalue weighted by atomic mass is 10.0. The van der Waals surface area contributed by atoms with Crippen LogP contribution in [0.4, 0.5) is 13.2 Å². The SMILES string of the molecule is CCCC[C@H](N[C@@H](CCc1ccccc1)C(=O)OCC)C(=O)N1C[C@@H](N(C)C(=O)C[C@H](N)Cc2cc(F)c(F)cc2F)C[C@H]1C(=O)O. The number of nitrogens with zero attached hydrogens (tertiary/aromatic N) is 2. The molecule has 1 heterocycles. The van der Waals surface area contributed by atoms with Gasteiger partial charge in [0.25, 0.3) is 0 Å². The van der Waals surface area contributed by atoms with Gasteiger partial charge in [0.15, 0.2) is 11.6 Å². The number of likely N-dealkylation sites (tertiary alicyclic amines) is 1. The van der Waals surface area contributed by atoms with Gasteiger partial charge in [-0.2, -0.15) is 0 Å². The molecule has 1 saturated heterocycles. The Morgan fingerprint density at radius 3 is 2.36 bits per heavy atom. The summed E-state index contributed by atoms with van der Waals surface area (Å²) in [5, 5.41) is 13.2. The van der Waals surface area contributed by atoms with E-state index in [1.807, 2.05) is 37.3 Å². The molecule has 2 amide bonds. The molecule has 258 valence electrons. The Bertz CT molecular complexity index is 1380. The van der Waals surface area contributed by atoms with Crippen LogP contribution in [0.25, 0.3) is 0 Å². The zero-order chi connectivity index (χ0) is 34.7. The van der Waals surface area contributed by atoms with Gasteiger partial charge in [0.2, 0.25) is 11.8 Å². The van der Waals surface area contributed by atoms with E-state index < -0.39 is 71.4 Å². The number of carbonyl (C=O) groups excluding carboxylic acids is 3. The smallest absolute Gasteiger partial charge is 0.326 e. The van der Waals surface area contributed by atoms with E-state index in [0.29, 0.717) is 37.8 Å². The van der Waals surface area contributed by atoms with Gasteiger partial charge in [-0.15, -0.1) is 0 Å². The number of benzene rings is 2. The van der Waals surface area contributed by atoms with Crippen LogP contribution in [0.5, 0.6) is 0 Å². The zero-order valence-corrected chi connectivity index (χ0v) is 27.1. The molecule has 0 aliphatic carbocycles. The second kappa shape index (κ2) is 17.8. The maximum atomic E-state index is 14.1. The van der Waals surface area contributed by atoms with Crippen LogP contribution in [0.1, 0.15) is 63.5 Å². The van der Waals surface area contributed by atoms with Crippen LogP contribution < -0.4 is 11.1 Å². The van der Waals surface area contributed by atoms with Crippen molar-refractivity contribution in [3.8, 4) is 0 Å². The van der Waals surface area contributed by atoms with Crippen molar-refractivity contribution in [2.24, 2.45) is 5.73 Å². The van der Waals surface area contributed by atoms with Crippen molar-refractivity contribution in [3.05, 3.63) is 71.0 Å². The molecule has 13 heteroatoms. The van der Waals surface area contributed by atoms with E-state index in [-0.39, 0.29) is 38.0 Å². The van der Waals surface area contributed by atoms with Crippen LogP contribution >= 0.6 is 0 Å². The first-order chi connectivity index (χ1) is 22.4. The number of nitrogens with one attached hydrogen (secondary N) is 1. The fourth-order valence-electron chi connectivity index (χ4n) is 5.82. The Kier molecular flexibility index (Phi) is 14.2.